The van der Waals surface area contributed by atoms with Crippen LogP contribution in [0, 0.1) is 28.6 Å². The number of nitrogens with zero attached hydrogens (tertiary/aromatic N) is 1. The van der Waals surface area contributed by atoms with E-state index in [2.05, 4.69) is 25.2 Å². The molecule has 27 heavy (non-hydrogen) atoms. The predicted octanol–water partition coefficient (Wildman–Crippen LogP) is 3.74. The molecule has 2 amide bonds. The second kappa shape index (κ2) is 6.52. The lowest BCUT2D eigenvalue weighted by Gasteiger charge is -2.60. The van der Waals surface area contributed by atoms with Crippen molar-refractivity contribution >= 4 is 12.0 Å². The summed E-state index contributed by atoms with van der Waals surface area (Å²) < 4.78 is 5.15. The van der Waals surface area contributed by atoms with Crippen LogP contribution in [0.5, 0.6) is 0 Å². The van der Waals surface area contributed by atoms with Gasteiger partial charge in [-0.05, 0) is 74.7 Å². The summed E-state index contributed by atoms with van der Waals surface area (Å²) in [5.41, 5.74) is 0.247. The molecule has 0 bridgehead atoms. The summed E-state index contributed by atoms with van der Waals surface area (Å²) in [6, 6.07) is 0.551. The maximum absolute atomic E-state index is 12.2. The fourth-order valence-corrected chi connectivity index (χ4v) is 7.29. The number of nitrogens with one attached hydrogen (secondary N) is 1. The lowest BCUT2D eigenvalue weighted by molar-refractivity contribution is -0.138. The molecule has 1 aliphatic heterocycles. The third-order valence-corrected chi connectivity index (χ3v) is 8.70. The molecule has 150 valence electrons. The number of ether oxygens (including phenoxy) is 1. The van der Waals surface area contributed by atoms with Gasteiger partial charge in [0.05, 0.1) is 6.61 Å². The number of amides is 2. The zero-order chi connectivity index (χ0) is 19.4. The zero-order valence-electron chi connectivity index (χ0n) is 17.2. The maximum atomic E-state index is 12.2. The fourth-order valence-electron chi connectivity index (χ4n) is 7.29. The van der Waals surface area contributed by atoms with Crippen LogP contribution in [-0.4, -0.2) is 42.6 Å². The summed E-state index contributed by atoms with van der Waals surface area (Å²) in [5.74, 6) is 2.11. The molecule has 1 N–H and O–H groups in total. The number of carbonyl (C=O) groups is 2. The third kappa shape index (κ3) is 2.72. The van der Waals surface area contributed by atoms with Crippen molar-refractivity contribution in [2.45, 2.75) is 71.4 Å². The summed E-state index contributed by atoms with van der Waals surface area (Å²) in [5, 5.41) is 3.17. The van der Waals surface area contributed by atoms with Crippen molar-refractivity contribution in [2.24, 2.45) is 28.6 Å². The van der Waals surface area contributed by atoms with Crippen molar-refractivity contribution in [2.75, 3.05) is 13.7 Å². The summed E-state index contributed by atoms with van der Waals surface area (Å²) >= 11 is 0. The van der Waals surface area contributed by atoms with Crippen LogP contribution in [0.15, 0.2) is 12.2 Å². The minimum atomic E-state index is -0.266. The lowest BCUT2D eigenvalue weighted by atomic mass is 9.48. The van der Waals surface area contributed by atoms with Crippen molar-refractivity contribution in [3.63, 3.8) is 0 Å². The van der Waals surface area contributed by atoms with Gasteiger partial charge in [-0.3, -0.25) is 4.79 Å². The first-order chi connectivity index (χ1) is 12.8. The molecule has 5 nitrogen and oxygen atoms in total. The molecule has 0 aromatic carbocycles. The maximum Gasteiger partial charge on any atom is 0.407 e. The van der Waals surface area contributed by atoms with Gasteiger partial charge in [0.1, 0.15) is 0 Å². The van der Waals surface area contributed by atoms with E-state index in [4.69, 9.17) is 4.74 Å². The predicted molar refractivity (Wildman–Crippen MR) is 104 cm³/mol. The molecule has 0 radical (unpaired) electrons. The molecule has 3 saturated carbocycles. The highest BCUT2D eigenvalue weighted by Crippen LogP contribution is 2.63. The van der Waals surface area contributed by atoms with E-state index in [9.17, 15) is 9.59 Å². The van der Waals surface area contributed by atoms with Crippen LogP contribution in [0.25, 0.3) is 0 Å². The van der Waals surface area contributed by atoms with Crippen LogP contribution in [0.4, 0.5) is 4.79 Å². The topological polar surface area (TPSA) is 58.6 Å². The highest BCUT2D eigenvalue weighted by atomic mass is 16.5. The van der Waals surface area contributed by atoms with Gasteiger partial charge >= 0.3 is 6.09 Å². The average molecular weight is 375 g/mol. The molecule has 1 heterocycles. The molecule has 0 saturated heterocycles. The standard InChI is InChI=1S/C22H34N2O3/c1-5-27-20(26)23-17-8-7-15-14-6-9-18-22(3,13-11-19(25)24(18)4)16(14)10-12-21(15,17)2/h11,13-18H,5-10,12H2,1-4H3,(H,23,26)/t14-,15-,16-,17-,18+,21-,22+/m0/s1. The number of hydrogen-bond acceptors (Lipinski definition) is 3. The van der Waals surface area contributed by atoms with Crippen LogP contribution >= 0.6 is 0 Å². The number of alkyl carbamates (subject to hydrolysis) is 1. The van der Waals surface area contributed by atoms with Gasteiger partial charge in [0.25, 0.3) is 0 Å². The molecule has 4 rings (SSSR count). The number of fused-ring (bicyclic) bond motifs is 5. The highest BCUT2D eigenvalue weighted by Gasteiger charge is 2.60. The third-order valence-electron chi connectivity index (χ3n) is 8.70. The van der Waals surface area contributed by atoms with Gasteiger partial charge in [0.2, 0.25) is 5.91 Å². The molecule has 0 spiro atoms. The molecule has 7 atom stereocenters. The molecule has 0 aromatic rings. The quantitative estimate of drug-likeness (QED) is 0.801. The van der Waals surface area contributed by atoms with Gasteiger partial charge in [-0.2, -0.15) is 0 Å². The number of rotatable bonds is 2. The Labute approximate surface area is 162 Å². The zero-order valence-corrected chi connectivity index (χ0v) is 17.2. The van der Waals surface area contributed by atoms with Crippen molar-refractivity contribution in [3.05, 3.63) is 12.2 Å². The minimum absolute atomic E-state index is 0.0829. The van der Waals surface area contributed by atoms with Crippen LogP contribution in [0.2, 0.25) is 0 Å². The Kier molecular flexibility index (Phi) is 4.55. The van der Waals surface area contributed by atoms with E-state index in [1.807, 2.05) is 18.9 Å². The van der Waals surface area contributed by atoms with Crippen LogP contribution < -0.4 is 5.32 Å². The molecule has 3 aliphatic carbocycles. The average Bonchev–Trinajstić information content (AvgIpc) is 2.95. The van der Waals surface area contributed by atoms with E-state index in [1.54, 1.807) is 6.08 Å². The molecule has 0 unspecified atom stereocenters. The summed E-state index contributed by atoms with van der Waals surface area (Å²) in [6.07, 6.45) is 10.6. The van der Waals surface area contributed by atoms with Crippen molar-refractivity contribution < 1.29 is 14.3 Å². The SMILES string of the molecule is CCOC(=O)N[C@H]1CC[C@H]2[C@@H]3CC[C@H]4N(C)C(=O)C=C[C@]4(C)[C@H]3CC[C@]12C. The van der Waals surface area contributed by atoms with E-state index in [0.717, 1.165) is 19.3 Å². The summed E-state index contributed by atoms with van der Waals surface area (Å²) in [6.45, 7) is 7.03. The Hall–Kier alpha value is -1.52. The van der Waals surface area contributed by atoms with Gasteiger partial charge in [0.15, 0.2) is 0 Å². The molecule has 4 aliphatic rings. The lowest BCUT2D eigenvalue weighted by Crippen LogP contribution is -2.60. The Morgan fingerprint density at radius 3 is 2.74 bits per heavy atom. The van der Waals surface area contributed by atoms with Crippen LogP contribution in [-0.2, 0) is 9.53 Å². The van der Waals surface area contributed by atoms with E-state index >= 15 is 0 Å². The Morgan fingerprint density at radius 1 is 1.22 bits per heavy atom. The number of likely N-dealkylation sites (N-methyl/N-ethyl adjacent to an activating group) is 1. The Balaban J connectivity index is 1.57. The molecule has 0 aromatic heterocycles. The van der Waals surface area contributed by atoms with E-state index in [0.29, 0.717) is 30.4 Å². The minimum Gasteiger partial charge on any atom is -0.450 e. The van der Waals surface area contributed by atoms with Crippen molar-refractivity contribution in [1.82, 2.24) is 10.2 Å². The highest BCUT2D eigenvalue weighted by molar-refractivity contribution is 5.89. The smallest absolute Gasteiger partial charge is 0.407 e. The summed E-state index contributed by atoms with van der Waals surface area (Å²) in [7, 11) is 1.97. The molecule has 5 heteroatoms. The number of hydrogen-bond donors (Lipinski definition) is 1. The monoisotopic (exact) mass is 374 g/mol. The van der Waals surface area contributed by atoms with E-state index in [1.165, 1.54) is 19.3 Å². The largest absolute Gasteiger partial charge is 0.450 e. The van der Waals surface area contributed by atoms with Gasteiger partial charge in [-0.1, -0.05) is 19.9 Å². The Morgan fingerprint density at radius 2 is 2.00 bits per heavy atom. The molecular formula is C22H34N2O3. The number of carbonyl (C=O) groups excluding carboxylic acids is 2. The van der Waals surface area contributed by atoms with Gasteiger partial charge in [-0.15, -0.1) is 0 Å². The van der Waals surface area contributed by atoms with Crippen LogP contribution in [0.3, 0.4) is 0 Å². The first-order valence-corrected chi connectivity index (χ1v) is 10.7. The Bertz CT molecular complexity index is 662. The van der Waals surface area contributed by atoms with Crippen molar-refractivity contribution in [3.8, 4) is 0 Å². The van der Waals surface area contributed by atoms with E-state index in [-0.39, 0.29) is 28.9 Å². The van der Waals surface area contributed by atoms with Gasteiger partial charge in [-0.25, -0.2) is 4.79 Å². The molecular weight excluding hydrogens is 340 g/mol. The normalized spacial score (nSPS) is 45.7. The van der Waals surface area contributed by atoms with E-state index < -0.39 is 0 Å². The first kappa shape index (κ1) is 18.8. The fraction of sp³-hybridized carbons (Fsp3) is 0.818. The second-order valence-electron chi connectivity index (χ2n) is 9.66. The van der Waals surface area contributed by atoms with Gasteiger partial charge in [0, 0.05) is 24.5 Å². The van der Waals surface area contributed by atoms with Crippen molar-refractivity contribution in [1.29, 1.82) is 0 Å². The summed E-state index contributed by atoms with van der Waals surface area (Å²) in [4.78, 5) is 26.2. The first-order valence-electron chi connectivity index (χ1n) is 10.7. The molecule has 3 fully saturated rings. The van der Waals surface area contributed by atoms with Gasteiger partial charge < -0.3 is 15.0 Å². The van der Waals surface area contributed by atoms with Crippen LogP contribution in [0.1, 0.15) is 59.3 Å². The second-order valence-corrected chi connectivity index (χ2v) is 9.66.